The quantitative estimate of drug-likeness (QED) is 0.420. The summed E-state index contributed by atoms with van der Waals surface area (Å²) < 4.78 is 46.0. The zero-order valence-corrected chi connectivity index (χ0v) is 18.1. The Kier molecular flexibility index (Phi) is 7.18. The van der Waals surface area contributed by atoms with Gasteiger partial charge in [-0.3, -0.25) is 0 Å². The van der Waals surface area contributed by atoms with Crippen LogP contribution in [0.3, 0.4) is 0 Å². The summed E-state index contributed by atoms with van der Waals surface area (Å²) in [5.74, 6) is -0.710. The van der Waals surface area contributed by atoms with Crippen LogP contribution in [-0.2, 0) is 27.1 Å². The van der Waals surface area contributed by atoms with Crippen LogP contribution in [0.15, 0.2) is 48.5 Å². The molecule has 1 saturated heterocycles. The number of hydrogen-bond acceptors (Lipinski definition) is 3. The van der Waals surface area contributed by atoms with E-state index in [1.54, 1.807) is 18.2 Å². The van der Waals surface area contributed by atoms with Crippen molar-refractivity contribution >= 4 is 22.4 Å². The maximum absolute atomic E-state index is 15.1. The molecule has 1 aliphatic rings. The van der Waals surface area contributed by atoms with Crippen molar-refractivity contribution in [2.24, 2.45) is 0 Å². The standard InChI is InChI=1S/C25H25ClF2O3/c1-2-11-29-20-14-30-25(31-15-20)19-8-9-21-18(13-19)7-6-17(24(21)28)5-3-16-4-10-22(26)23(27)12-16/h4,6-10,12-13,20,25H,2-3,5,11,14-15H2,1H3. The lowest BCUT2D eigenvalue weighted by Crippen LogP contribution is -2.33. The molecule has 0 bridgehead atoms. The Hall–Kier alpha value is -2.05. The highest BCUT2D eigenvalue weighted by Crippen LogP contribution is 2.29. The van der Waals surface area contributed by atoms with E-state index in [1.807, 2.05) is 18.2 Å². The molecule has 0 unspecified atom stereocenters. The van der Waals surface area contributed by atoms with Gasteiger partial charge in [0.05, 0.1) is 18.2 Å². The fourth-order valence-electron chi connectivity index (χ4n) is 3.73. The average molecular weight is 447 g/mol. The second-order valence-corrected chi connectivity index (χ2v) is 8.17. The van der Waals surface area contributed by atoms with E-state index in [1.165, 1.54) is 12.1 Å². The largest absolute Gasteiger partial charge is 0.373 e. The molecular weight excluding hydrogens is 422 g/mol. The van der Waals surface area contributed by atoms with Crippen LogP contribution in [-0.4, -0.2) is 25.9 Å². The van der Waals surface area contributed by atoms with Crippen molar-refractivity contribution in [2.75, 3.05) is 19.8 Å². The second-order valence-electron chi connectivity index (χ2n) is 7.76. The number of aryl methyl sites for hydroxylation is 2. The van der Waals surface area contributed by atoms with Gasteiger partial charge in [0.2, 0.25) is 0 Å². The predicted molar refractivity (Wildman–Crippen MR) is 117 cm³/mol. The summed E-state index contributed by atoms with van der Waals surface area (Å²) in [5.41, 5.74) is 2.23. The van der Waals surface area contributed by atoms with Crippen molar-refractivity contribution < 1.29 is 23.0 Å². The fourth-order valence-corrected chi connectivity index (χ4v) is 3.85. The minimum atomic E-state index is -0.478. The molecule has 31 heavy (non-hydrogen) atoms. The second kappa shape index (κ2) is 10.0. The van der Waals surface area contributed by atoms with Gasteiger partial charge in [0.25, 0.3) is 0 Å². The molecule has 0 spiro atoms. The van der Waals surface area contributed by atoms with E-state index in [0.29, 0.717) is 43.6 Å². The van der Waals surface area contributed by atoms with Gasteiger partial charge in [0.1, 0.15) is 17.7 Å². The molecule has 0 aromatic heterocycles. The summed E-state index contributed by atoms with van der Waals surface area (Å²) in [6.07, 6.45) is 1.42. The van der Waals surface area contributed by atoms with E-state index in [9.17, 15) is 4.39 Å². The van der Waals surface area contributed by atoms with Gasteiger partial charge in [-0.25, -0.2) is 8.78 Å². The van der Waals surface area contributed by atoms with Gasteiger partial charge in [0, 0.05) is 17.6 Å². The Bertz CT molecular complexity index is 1050. The van der Waals surface area contributed by atoms with E-state index in [4.69, 9.17) is 25.8 Å². The monoisotopic (exact) mass is 446 g/mol. The predicted octanol–water partition coefficient (Wildman–Crippen LogP) is 6.40. The van der Waals surface area contributed by atoms with Crippen LogP contribution in [0.25, 0.3) is 10.8 Å². The molecule has 0 aliphatic carbocycles. The first kappa shape index (κ1) is 22.2. The molecule has 6 heteroatoms. The van der Waals surface area contributed by atoms with Crippen molar-refractivity contribution in [2.45, 2.75) is 38.6 Å². The maximum Gasteiger partial charge on any atom is 0.184 e. The van der Waals surface area contributed by atoms with Crippen LogP contribution in [0.5, 0.6) is 0 Å². The molecule has 0 N–H and O–H groups in total. The van der Waals surface area contributed by atoms with Crippen LogP contribution < -0.4 is 0 Å². The minimum absolute atomic E-state index is 0.0502. The molecule has 1 fully saturated rings. The molecule has 3 aromatic carbocycles. The zero-order chi connectivity index (χ0) is 21.8. The van der Waals surface area contributed by atoms with Crippen molar-refractivity contribution in [1.82, 2.24) is 0 Å². The Balaban J connectivity index is 1.45. The highest BCUT2D eigenvalue weighted by Gasteiger charge is 2.24. The number of halogens is 3. The number of benzene rings is 3. The van der Waals surface area contributed by atoms with Gasteiger partial charge in [-0.1, -0.05) is 48.9 Å². The number of rotatable bonds is 7. The van der Waals surface area contributed by atoms with E-state index >= 15 is 4.39 Å². The number of hydrogen-bond donors (Lipinski definition) is 0. The van der Waals surface area contributed by atoms with Crippen molar-refractivity contribution in [3.63, 3.8) is 0 Å². The van der Waals surface area contributed by atoms with Gasteiger partial charge in [0.15, 0.2) is 6.29 Å². The summed E-state index contributed by atoms with van der Waals surface area (Å²) >= 11 is 5.73. The fraction of sp³-hybridized carbons (Fsp3) is 0.360. The van der Waals surface area contributed by atoms with Crippen LogP contribution in [0.1, 0.15) is 36.3 Å². The van der Waals surface area contributed by atoms with E-state index in [2.05, 4.69) is 6.92 Å². The van der Waals surface area contributed by atoms with E-state index < -0.39 is 12.1 Å². The van der Waals surface area contributed by atoms with Crippen molar-refractivity contribution in [3.8, 4) is 0 Å². The van der Waals surface area contributed by atoms with Crippen LogP contribution in [0.4, 0.5) is 8.78 Å². The molecule has 0 amide bonds. The molecule has 164 valence electrons. The summed E-state index contributed by atoms with van der Waals surface area (Å²) in [4.78, 5) is 0. The SMILES string of the molecule is CCCOC1COC(c2ccc3c(F)c(CCc4ccc(Cl)c(F)c4)ccc3c2)OC1. The number of ether oxygens (including phenoxy) is 3. The summed E-state index contributed by atoms with van der Waals surface area (Å²) in [5, 5.41) is 1.42. The molecule has 3 aromatic rings. The molecule has 1 aliphatic heterocycles. The normalized spacial score (nSPS) is 19.1. The van der Waals surface area contributed by atoms with Gasteiger partial charge in [-0.05, 0) is 54.0 Å². The Morgan fingerprint density at radius 2 is 1.81 bits per heavy atom. The molecule has 0 saturated carbocycles. The molecule has 1 heterocycles. The molecule has 4 rings (SSSR count). The Morgan fingerprint density at radius 1 is 1.00 bits per heavy atom. The topological polar surface area (TPSA) is 27.7 Å². The number of fused-ring (bicyclic) bond motifs is 1. The van der Waals surface area contributed by atoms with Crippen molar-refractivity contribution in [3.05, 3.63) is 81.9 Å². The third-order valence-corrected chi connectivity index (χ3v) is 5.73. The van der Waals surface area contributed by atoms with Crippen LogP contribution in [0, 0.1) is 11.6 Å². The third-order valence-electron chi connectivity index (χ3n) is 5.42. The van der Waals surface area contributed by atoms with Gasteiger partial charge < -0.3 is 14.2 Å². The van der Waals surface area contributed by atoms with Crippen molar-refractivity contribution in [1.29, 1.82) is 0 Å². The summed E-state index contributed by atoms with van der Waals surface area (Å²) in [6.45, 7) is 3.69. The Morgan fingerprint density at radius 3 is 2.55 bits per heavy atom. The summed E-state index contributed by atoms with van der Waals surface area (Å²) in [7, 11) is 0. The first-order valence-electron chi connectivity index (χ1n) is 10.5. The lowest BCUT2D eigenvalue weighted by atomic mass is 9.99. The summed E-state index contributed by atoms with van der Waals surface area (Å²) in [6, 6.07) is 13.9. The maximum atomic E-state index is 15.1. The van der Waals surface area contributed by atoms with Gasteiger partial charge in [-0.15, -0.1) is 0 Å². The Labute approximate surface area is 185 Å². The molecule has 3 nitrogen and oxygen atoms in total. The molecule has 0 atom stereocenters. The highest BCUT2D eigenvalue weighted by atomic mass is 35.5. The van der Waals surface area contributed by atoms with E-state index in [0.717, 1.165) is 22.9 Å². The lowest BCUT2D eigenvalue weighted by molar-refractivity contribution is -0.230. The average Bonchev–Trinajstić information content (AvgIpc) is 2.79. The van der Waals surface area contributed by atoms with Gasteiger partial charge in [-0.2, -0.15) is 0 Å². The first-order valence-corrected chi connectivity index (χ1v) is 10.9. The van der Waals surface area contributed by atoms with Crippen LogP contribution in [0.2, 0.25) is 5.02 Å². The smallest absolute Gasteiger partial charge is 0.184 e. The first-order chi connectivity index (χ1) is 15.0. The van der Waals surface area contributed by atoms with Gasteiger partial charge >= 0.3 is 0 Å². The van der Waals surface area contributed by atoms with E-state index in [-0.39, 0.29) is 16.9 Å². The molecular formula is C25H25ClF2O3. The molecule has 0 radical (unpaired) electrons. The lowest BCUT2D eigenvalue weighted by Gasteiger charge is -2.29. The third kappa shape index (κ3) is 5.24. The zero-order valence-electron chi connectivity index (χ0n) is 17.4. The van der Waals surface area contributed by atoms with Crippen LogP contribution >= 0.6 is 11.6 Å². The highest BCUT2D eigenvalue weighted by molar-refractivity contribution is 6.30. The minimum Gasteiger partial charge on any atom is -0.373 e.